The number of aryl methyl sites for hydroxylation is 1. The summed E-state index contributed by atoms with van der Waals surface area (Å²) in [5.41, 5.74) is 2.25. The number of carbonyl (C=O) groups excluding carboxylic acids is 1. The van der Waals surface area contributed by atoms with E-state index in [0.717, 1.165) is 30.2 Å². The minimum absolute atomic E-state index is 0.237. The Balaban J connectivity index is 1.68. The summed E-state index contributed by atoms with van der Waals surface area (Å²) in [7, 11) is 0. The smallest absolute Gasteiger partial charge is 0.275 e. The van der Waals surface area contributed by atoms with E-state index in [1.807, 2.05) is 31.2 Å². The first-order valence-electron chi connectivity index (χ1n) is 7.17. The monoisotopic (exact) mass is 282 g/mol. The highest BCUT2D eigenvalue weighted by atomic mass is 16.1. The van der Waals surface area contributed by atoms with E-state index in [2.05, 4.69) is 20.2 Å². The molecule has 2 heterocycles. The second kappa shape index (κ2) is 5.91. The number of benzene rings is 1. The van der Waals surface area contributed by atoms with Crippen molar-refractivity contribution in [2.45, 2.75) is 19.8 Å². The molecule has 3 rings (SSSR count). The fourth-order valence-corrected chi connectivity index (χ4v) is 2.38. The van der Waals surface area contributed by atoms with Crippen molar-refractivity contribution >= 4 is 17.4 Å². The van der Waals surface area contributed by atoms with Crippen LogP contribution in [-0.2, 0) is 0 Å². The van der Waals surface area contributed by atoms with Crippen molar-refractivity contribution in [3.05, 3.63) is 47.9 Å². The Bertz CT molecular complexity index is 616. The number of carbonyl (C=O) groups is 1. The molecule has 0 atom stereocenters. The van der Waals surface area contributed by atoms with Crippen LogP contribution >= 0.6 is 0 Å². The highest BCUT2D eigenvalue weighted by Gasteiger charge is 2.15. The topological polar surface area (TPSA) is 58.1 Å². The maximum absolute atomic E-state index is 12.1. The molecule has 0 saturated carbocycles. The van der Waals surface area contributed by atoms with Gasteiger partial charge in [0.05, 0.1) is 12.4 Å². The first-order valence-corrected chi connectivity index (χ1v) is 7.17. The number of amides is 1. The molecule has 0 bridgehead atoms. The van der Waals surface area contributed by atoms with Crippen molar-refractivity contribution in [2.75, 3.05) is 23.3 Å². The van der Waals surface area contributed by atoms with Gasteiger partial charge in [-0.2, -0.15) is 0 Å². The number of anilines is 2. The van der Waals surface area contributed by atoms with Gasteiger partial charge in [-0.15, -0.1) is 0 Å². The Morgan fingerprint density at radius 3 is 2.43 bits per heavy atom. The maximum atomic E-state index is 12.1. The van der Waals surface area contributed by atoms with Crippen LogP contribution in [0.3, 0.4) is 0 Å². The van der Waals surface area contributed by atoms with Crippen LogP contribution in [0.2, 0.25) is 0 Å². The van der Waals surface area contributed by atoms with E-state index < -0.39 is 0 Å². The second-order valence-corrected chi connectivity index (χ2v) is 5.27. The molecule has 1 saturated heterocycles. The largest absolute Gasteiger partial charge is 0.355 e. The summed E-state index contributed by atoms with van der Waals surface area (Å²) >= 11 is 0. The third-order valence-corrected chi connectivity index (χ3v) is 3.61. The van der Waals surface area contributed by atoms with Crippen molar-refractivity contribution in [3.8, 4) is 0 Å². The lowest BCUT2D eigenvalue weighted by Crippen LogP contribution is -2.20. The molecule has 1 aliphatic heterocycles. The lowest BCUT2D eigenvalue weighted by Gasteiger charge is -2.15. The van der Waals surface area contributed by atoms with Crippen LogP contribution in [0.5, 0.6) is 0 Å². The van der Waals surface area contributed by atoms with Crippen molar-refractivity contribution < 1.29 is 4.79 Å². The Morgan fingerprint density at radius 2 is 1.81 bits per heavy atom. The van der Waals surface area contributed by atoms with Gasteiger partial charge in [0.15, 0.2) is 0 Å². The lowest BCUT2D eigenvalue weighted by atomic mass is 10.2. The van der Waals surface area contributed by atoms with Gasteiger partial charge in [0.2, 0.25) is 0 Å². The van der Waals surface area contributed by atoms with Gasteiger partial charge in [-0.05, 0) is 31.9 Å². The molecule has 5 heteroatoms. The molecule has 0 aliphatic carbocycles. The van der Waals surface area contributed by atoms with Crippen LogP contribution in [0.1, 0.15) is 28.9 Å². The van der Waals surface area contributed by atoms with Gasteiger partial charge in [-0.25, -0.2) is 9.97 Å². The summed E-state index contributed by atoms with van der Waals surface area (Å²) < 4.78 is 0. The molecule has 1 amide bonds. The average Bonchev–Trinajstić information content (AvgIpc) is 3.04. The molecule has 5 nitrogen and oxygen atoms in total. The van der Waals surface area contributed by atoms with E-state index in [-0.39, 0.29) is 5.91 Å². The van der Waals surface area contributed by atoms with Crippen LogP contribution in [0.15, 0.2) is 36.7 Å². The molecule has 1 N–H and O–H groups in total. The van der Waals surface area contributed by atoms with E-state index in [1.54, 1.807) is 6.20 Å². The summed E-state index contributed by atoms with van der Waals surface area (Å²) in [6, 6.07) is 7.66. The van der Waals surface area contributed by atoms with Gasteiger partial charge in [-0.1, -0.05) is 17.7 Å². The molecule has 0 spiro atoms. The Labute approximate surface area is 124 Å². The third kappa shape index (κ3) is 3.18. The minimum Gasteiger partial charge on any atom is -0.355 e. The predicted molar refractivity (Wildman–Crippen MR) is 82.6 cm³/mol. The molecule has 108 valence electrons. The number of nitrogens with zero attached hydrogens (tertiary/aromatic N) is 3. The summed E-state index contributed by atoms with van der Waals surface area (Å²) in [6.45, 7) is 4.04. The predicted octanol–water partition coefficient (Wildman–Crippen LogP) is 2.64. The summed E-state index contributed by atoms with van der Waals surface area (Å²) in [5.74, 6) is 0.610. The van der Waals surface area contributed by atoms with Crippen LogP contribution < -0.4 is 10.2 Å². The zero-order valence-electron chi connectivity index (χ0n) is 12.0. The number of hydrogen-bond acceptors (Lipinski definition) is 4. The standard InChI is InChI=1S/C16H18N4O/c1-12-4-6-13(7-5-12)19-16(21)14-10-18-15(11-17-14)20-8-2-3-9-20/h4-7,10-11H,2-3,8-9H2,1H3,(H,19,21). The minimum atomic E-state index is -0.237. The fourth-order valence-electron chi connectivity index (χ4n) is 2.38. The molecule has 1 aromatic heterocycles. The highest BCUT2D eigenvalue weighted by Crippen LogP contribution is 2.16. The maximum Gasteiger partial charge on any atom is 0.275 e. The highest BCUT2D eigenvalue weighted by molar-refractivity contribution is 6.02. The van der Waals surface area contributed by atoms with E-state index >= 15 is 0 Å². The third-order valence-electron chi connectivity index (χ3n) is 3.61. The van der Waals surface area contributed by atoms with Gasteiger partial charge in [0, 0.05) is 18.8 Å². The molecule has 1 fully saturated rings. The van der Waals surface area contributed by atoms with E-state index in [9.17, 15) is 4.79 Å². The Hall–Kier alpha value is -2.43. The van der Waals surface area contributed by atoms with Gasteiger partial charge in [0.25, 0.3) is 5.91 Å². The number of nitrogens with one attached hydrogen (secondary N) is 1. The van der Waals surface area contributed by atoms with E-state index in [4.69, 9.17) is 0 Å². The molecule has 2 aromatic rings. The second-order valence-electron chi connectivity index (χ2n) is 5.27. The van der Waals surface area contributed by atoms with Gasteiger partial charge in [0.1, 0.15) is 11.5 Å². The van der Waals surface area contributed by atoms with Crippen molar-refractivity contribution in [1.29, 1.82) is 0 Å². The number of hydrogen-bond donors (Lipinski definition) is 1. The van der Waals surface area contributed by atoms with Gasteiger partial charge < -0.3 is 10.2 Å². The molecule has 0 radical (unpaired) electrons. The van der Waals surface area contributed by atoms with E-state index in [0.29, 0.717) is 5.69 Å². The van der Waals surface area contributed by atoms with Gasteiger partial charge in [-0.3, -0.25) is 4.79 Å². The van der Waals surface area contributed by atoms with Crippen LogP contribution in [0.4, 0.5) is 11.5 Å². The average molecular weight is 282 g/mol. The fraction of sp³-hybridized carbons (Fsp3) is 0.312. The number of rotatable bonds is 3. The zero-order chi connectivity index (χ0) is 14.7. The van der Waals surface area contributed by atoms with Crippen LogP contribution in [0, 0.1) is 6.92 Å². The summed E-state index contributed by atoms with van der Waals surface area (Å²) in [6.07, 6.45) is 5.60. The summed E-state index contributed by atoms with van der Waals surface area (Å²) in [4.78, 5) is 22.9. The first-order chi connectivity index (χ1) is 10.2. The summed E-state index contributed by atoms with van der Waals surface area (Å²) in [5, 5.41) is 2.82. The van der Waals surface area contributed by atoms with Crippen molar-refractivity contribution in [3.63, 3.8) is 0 Å². The Morgan fingerprint density at radius 1 is 1.10 bits per heavy atom. The Kier molecular flexibility index (Phi) is 3.81. The van der Waals surface area contributed by atoms with E-state index in [1.165, 1.54) is 19.0 Å². The lowest BCUT2D eigenvalue weighted by molar-refractivity contribution is 0.102. The van der Waals surface area contributed by atoms with Crippen molar-refractivity contribution in [2.24, 2.45) is 0 Å². The van der Waals surface area contributed by atoms with Crippen LogP contribution in [-0.4, -0.2) is 29.0 Å². The molecule has 1 aliphatic rings. The molecular formula is C16H18N4O. The van der Waals surface area contributed by atoms with Crippen molar-refractivity contribution in [1.82, 2.24) is 9.97 Å². The number of aromatic nitrogens is 2. The zero-order valence-corrected chi connectivity index (χ0v) is 12.0. The molecule has 1 aromatic carbocycles. The molecule has 21 heavy (non-hydrogen) atoms. The first kappa shape index (κ1) is 13.5. The molecular weight excluding hydrogens is 264 g/mol. The quantitative estimate of drug-likeness (QED) is 0.940. The van der Waals surface area contributed by atoms with Gasteiger partial charge >= 0.3 is 0 Å². The molecule has 0 unspecified atom stereocenters. The SMILES string of the molecule is Cc1ccc(NC(=O)c2cnc(N3CCCC3)cn2)cc1. The van der Waals surface area contributed by atoms with Crippen LogP contribution in [0.25, 0.3) is 0 Å². The normalized spacial score (nSPS) is 14.2.